The van der Waals surface area contributed by atoms with Crippen LogP contribution in [0.25, 0.3) is 11.0 Å². The fourth-order valence-corrected chi connectivity index (χ4v) is 4.22. The van der Waals surface area contributed by atoms with E-state index in [1.54, 1.807) is 11.2 Å². The van der Waals surface area contributed by atoms with Gasteiger partial charge in [-0.15, -0.1) is 0 Å². The summed E-state index contributed by atoms with van der Waals surface area (Å²) in [6.07, 6.45) is 3.65. The third kappa shape index (κ3) is 5.78. The van der Waals surface area contributed by atoms with E-state index in [0.717, 1.165) is 29.4 Å². The summed E-state index contributed by atoms with van der Waals surface area (Å²) in [5.41, 5.74) is 1.75. The lowest BCUT2D eigenvalue weighted by atomic mass is 9.90. The van der Waals surface area contributed by atoms with Crippen molar-refractivity contribution >= 4 is 28.9 Å². The average molecular weight is 467 g/mol. The lowest BCUT2D eigenvalue weighted by Gasteiger charge is -2.33. The predicted molar refractivity (Wildman–Crippen MR) is 125 cm³/mol. The van der Waals surface area contributed by atoms with Crippen LogP contribution in [0, 0.1) is 11.8 Å². The SMILES string of the molecule is CC(C)(C)OC(=O)N1CCC(OCC#Cc2ccc3occ(C4CCC(=O)NC4=O)c3c2)CC1. The number of likely N-dealkylation sites (tertiary alicyclic amines) is 1. The van der Waals surface area contributed by atoms with E-state index in [4.69, 9.17) is 13.9 Å². The van der Waals surface area contributed by atoms with Crippen LogP contribution >= 0.6 is 0 Å². The summed E-state index contributed by atoms with van der Waals surface area (Å²) in [5.74, 6) is 5.23. The molecule has 0 radical (unpaired) electrons. The highest BCUT2D eigenvalue weighted by Gasteiger charge is 2.30. The molecule has 0 aliphatic carbocycles. The zero-order valence-corrected chi connectivity index (χ0v) is 19.8. The number of carbonyl (C=O) groups is 3. The maximum Gasteiger partial charge on any atom is 0.410 e. The molecule has 1 unspecified atom stereocenters. The van der Waals surface area contributed by atoms with Gasteiger partial charge >= 0.3 is 6.09 Å². The fourth-order valence-electron chi connectivity index (χ4n) is 4.22. The van der Waals surface area contributed by atoms with Crippen LogP contribution in [0.4, 0.5) is 4.79 Å². The number of benzene rings is 1. The van der Waals surface area contributed by atoms with Crippen molar-refractivity contribution in [2.75, 3.05) is 19.7 Å². The van der Waals surface area contributed by atoms with Crippen LogP contribution < -0.4 is 5.32 Å². The number of nitrogens with one attached hydrogen (secondary N) is 1. The second kappa shape index (κ2) is 9.90. The Hall–Kier alpha value is -3.31. The van der Waals surface area contributed by atoms with Gasteiger partial charge in [0.1, 0.15) is 17.8 Å². The standard InChI is InChI=1S/C26H30N2O6/c1-26(2,3)34-25(31)28-12-10-18(11-13-28)32-14-4-5-17-6-8-22-20(15-17)21(16-33-22)19-7-9-23(29)27-24(19)30/h6,8,15-16,18-19H,7,9-14H2,1-3H3,(H,27,29,30). The number of fused-ring (bicyclic) bond motifs is 1. The molecular formula is C26H30N2O6. The summed E-state index contributed by atoms with van der Waals surface area (Å²) in [5, 5.41) is 3.23. The normalized spacial score (nSPS) is 19.5. The number of furan rings is 1. The van der Waals surface area contributed by atoms with Gasteiger partial charge in [-0.2, -0.15) is 0 Å². The quantitative estimate of drug-likeness (QED) is 0.547. The first-order valence-electron chi connectivity index (χ1n) is 11.6. The molecule has 2 saturated heterocycles. The predicted octanol–water partition coefficient (Wildman–Crippen LogP) is 3.72. The molecule has 2 aromatic rings. The molecule has 1 atom stereocenters. The van der Waals surface area contributed by atoms with E-state index in [1.165, 1.54) is 0 Å². The van der Waals surface area contributed by atoms with Crippen LogP contribution in [0.15, 0.2) is 28.9 Å². The van der Waals surface area contributed by atoms with E-state index in [-0.39, 0.29) is 24.0 Å². The van der Waals surface area contributed by atoms with Gasteiger partial charge in [0.05, 0.1) is 18.3 Å². The minimum atomic E-state index is -0.498. The van der Waals surface area contributed by atoms with Crippen molar-refractivity contribution in [3.8, 4) is 11.8 Å². The first kappa shape index (κ1) is 23.8. The molecule has 1 aromatic carbocycles. The molecule has 4 rings (SSSR count). The lowest BCUT2D eigenvalue weighted by Crippen LogP contribution is -2.43. The molecule has 0 bridgehead atoms. The molecule has 2 aliphatic rings. The van der Waals surface area contributed by atoms with E-state index >= 15 is 0 Å². The third-order valence-electron chi connectivity index (χ3n) is 5.94. The van der Waals surface area contributed by atoms with Crippen molar-refractivity contribution in [2.24, 2.45) is 0 Å². The van der Waals surface area contributed by atoms with Gasteiger partial charge in [0, 0.05) is 36.0 Å². The molecule has 0 spiro atoms. The zero-order chi connectivity index (χ0) is 24.3. The first-order valence-corrected chi connectivity index (χ1v) is 11.6. The van der Waals surface area contributed by atoms with E-state index in [2.05, 4.69) is 17.2 Å². The Morgan fingerprint density at radius 2 is 1.97 bits per heavy atom. The molecule has 1 aromatic heterocycles. The summed E-state index contributed by atoms with van der Waals surface area (Å²) in [6.45, 7) is 7.08. The van der Waals surface area contributed by atoms with Crippen molar-refractivity contribution in [1.29, 1.82) is 0 Å². The van der Waals surface area contributed by atoms with Crippen LogP contribution in [-0.4, -0.2) is 54.2 Å². The topological polar surface area (TPSA) is 98.1 Å². The Morgan fingerprint density at radius 3 is 2.68 bits per heavy atom. The molecule has 2 fully saturated rings. The van der Waals surface area contributed by atoms with Crippen molar-refractivity contribution in [1.82, 2.24) is 10.2 Å². The van der Waals surface area contributed by atoms with Crippen LogP contribution in [0.3, 0.4) is 0 Å². The molecule has 34 heavy (non-hydrogen) atoms. The van der Waals surface area contributed by atoms with Crippen LogP contribution in [0.1, 0.15) is 63.5 Å². The van der Waals surface area contributed by atoms with Crippen LogP contribution in [0.5, 0.6) is 0 Å². The Labute approximate surface area is 198 Å². The Balaban J connectivity index is 1.31. The van der Waals surface area contributed by atoms with Gasteiger partial charge in [0.15, 0.2) is 0 Å². The van der Waals surface area contributed by atoms with Crippen molar-refractivity contribution in [2.45, 2.75) is 64.1 Å². The monoisotopic (exact) mass is 466 g/mol. The largest absolute Gasteiger partial charge is 0.464 e. The minimum absolute atomic E-state index is 0.0588. The summed E-state index contributed by atoms with van der Waals surface area (Å²) in [6, 6.07) is 5.61. The van der Waals surface area contributed by atoms with E-state index in [9.17, 15) is 14.4 Å². The highest BCUT2D eigenvalue weighted by atomic mass is 16.6. The van der Waals surface area contributed by atoms with E-state index in [0.29, 0.717) is 38.1 Å². The van der Waals surface area contributed by atoms with Gasteiger partial charge in [-0.3, -0.25) is 14.9 Å². The van der Waals surface area contributed by atoms with Crippen molar-refractivity contribution in [3.05, 3.63) is 35.6 Å². The number of rotatable bonds is 3. The number of piperidine rings is 2. The summed E-state index contributed by atoms with van der Waals surface area (Å²) in [4.78, 5) is 37.6. The number of hydrogen-bond donors (Lipinski definition) is 1. The van der Waals surface area contributed by atoms with Gasteiger partial charge in [-0.25, -0.2) is 4.79 Å². The van der Waals surface area contributed by atoms with Gasteiger partial charge < -0.3 is 18.8 Å². The maximum atomic E-state index is 12.3. The fraction of sp³-hybridized carbons (Fsp3) is 0.500. The Bertz CT molecular complexity index is 1140. The molecule has 3 amide bonds. The molecular weight excluding hydrogens is 436 g/mol. The zero-order valence-electron chi connectivity index (χ0n) is 19.8. The molecule has 8 heteroatoms. The average Bonchev–Trinajstić information content (AvgIpc) is 3.19. The smallest absolute Gasteiger partial charge is 0.410 e. The van der Waals surface area contributed by atoms with Crippen molar-refractivity contribution in [3.63, 3.8) is 0 Å². The van der Waals surface area contributed by atoms with Gasteiger partial charge in [-0.1, -0.05) is 11.8 Å². The molecule has 180 valence electrons. The Kier molecular flexibility index (Phi) is 6.94. The summed E-state index contributed by atoms with van der Waals surface area (Å²) < 4.78 is 16.9. The number of carbonyl (C=O) groups excluding carboxylic acids is 3. The van der Waals surface area contributed by atoms with Gasteiger partial charge in [-0.05, 0) is 58.2 Å². The summed E-state index contributed by atoms with van der Waals surface area (Å²) in [7, 11) is 0. The number of imide groups is 1. The second-order valence-corrected chi connectivity index (χ2v) is 9.69. The second-order valence-electron chi connectivity index (χ2n) is 9.69. The van der Waals surface area contributed by atoms with Crippen molar-refractivity contribution < 1.29 is 28.3 Å². The molecule has 8 nitrogen and oxygen atoms in total. The van der Waals surface area contributed by atoms with Crippen LogP contribution in [-0.2, 0) is 19.1 Å². The number of nitrogens with zero attached hydrogens (tertiary/aromatic N) is 1. The molecule has 0 saturated carbocycles. The number of ether oxygens (including phenoxy) is 2. The maximum absolute atomic E-state index is 12.3. The Morgan fingerprint density at radius 1 is 1.21 bits per heavy atom. The summed E-state index contributed by atoms with van der Waals surface area (Å²) >= 11 is 0. The molecule has 2 aliphatic heterocycles. The highest BCUT2D eigenvalue weighted by molar-refractivity contribution is 6.02. The number of amides is 3. The van der Waals surface area contributed by atoms with E-state index in [1.807, 2.05) is 39.0 Å². The molecule has 1 N–H and O–H groups in total. The first-order chi connectivity index (χ1) is 16.2. The van der Waals surface area contributed by atoms with Gasteiger partial charge in [0.25, 0.3) is 0 Å². The lowest BCUT2D eigenvalue weighted by molar-refractivity contribution is -0.134. The highest BCUT2D eigenvalue weighted by Crippen LogP contribution is 2.33. The number of hydrogen-bond acceptors (Lipinski definition) is 6. The van der Waals surface area contributed by atoms with E-state index < -0.39 is 11.5 Å². The van der Waals surface area contributed by atoms with Gasteiger partial charge in [0.2, 0.25) is 11.8 Å². The van der Waals surface area contributed by atoms with Crippen LogP contribution in [0.2, 0.25) is 0 Å². The molecule has 3 heterocycles. The minimum Gasteiger partial charge on any atom is -0.464 e. The third-order valence-corrected chi connectivity index (χ3v) is 5.94.